The van der Waals surface area contributed by atoms with Crippen LogP contribution >= 0.6 is 0 Å². The largest absolute Gasteiger partial charge is 0.466 e. The highest BCUT2D eigenvalue weighted by molar-refractivity contribution is 7.89. The molecule has 2 unspecified atom stereocenters. The van der Waals surface area contributed by atoms with Crippen LogP contribution in [0, 0.1) is 5.92 Å². The molecule has 2 atom stereocenters. The highest BCUT2D eigenvalue weighted by atomic mass is 32.2. The van der Waals surface area contributed by atoms with E-state index in [1.165, 1.54) is 4.31 Å². The van der Waals surface area contributed by atoms with Crippen LogP contribution in [-0.4, -0.2) is 62.4 Å². The molecule has 0 radical (unpaired) electrons. The monoisotopic (exact) mass is 432 g/mol. The second-order valence-corrected chi connectivity index (χ2v) is 10.1. The molecule has 0 saturated carbocycles. The Morgan fingerprint density at radius 1 is 1.13 bits per heavy atom. The van der Waals surface area contributed by atoms with E-state index in [1.807, 2.05) is 42.5 Å². The van der Waals surface area contributed by atoms with Crippen LogP contribution in [0.2, 0.25) is 0 Å². The predicted octanol–water partition coefficient (Wildman–Crippen LogP) is 2.73. The van der Waals surface area contributed by atoms with E-state index in [1.54, 1.807) is 19.0 Å². The van der Waals surface area contributed by atoms with Crippen LogP contribution in [0.25, 0.3) is 10.8 Å². The van der Waals surface area contributed by atoms with Crippen molar-refractivity contribution in [1.29, 1.82) is 0 Å². The van der Waals surface area contributed by atoms with E-state index >= 15 is 0 Å². The maximum atomic E-state index is 13.5. The summed E-state index contributed by atoms with van der Waals surface area (Å²) in [6.07, 6.45) is 0.976. The van der Waals surface area contributed by atoms with Crippen LogP contribution in [0.4, 0.5) is 0 Å². The number of piperidine rings is 1. The summed E-state index contributed by atoms with van der Waals surface area (Å²) in [5.41, 5.74) is 0.920. The van der Waals surface area contributed by atoms with Crippen molar-refractivity contribution in [2.75, 3.05) is 33.4 Å². The van der Waals surface area contributed by atoms with E-state index < -0.39 is 15.3 Å². The zero-order chi connectivity index (χ0) is 21.3. The van der Waals surface area contributed by atoms with Gasteiger partial charge in [-0.05, 0) is 42.2 Å². The lowest BCUT2D eigenvalue weighted by atomic mass is 9.98. The van der Waals surface area contributed by atoms with Crippen molar-refractivity contribution in [1.82, 2.24) is 9.37 Å². The zero-order valence-electron chi connectivity index (χ0n) is 17.4. The first kappa shape index (κ1) is 21.2. The lowest BCUT2D eigenvalue weighted by molar-refractivity contribution is -0.149. The molecule has 0 amide bonds. The molecule has 2 aromatic carbocycles. The van der Waals surface area contributed by atoms with E-state index in [2.05, 4.69) is 0 Å². The fraction of sp³-hybridized carbons (Fsp3) is 0.500. The first-order chi connectivity index (χ1) is 14.4. The van der Waals surface area contributed by atoms with Gasteiger partial charge in [-0.1, -0.05) is 36.4 Å². The number of hydrogen-bond donors (Lipinski definition) is 0. The molecule has 2 fully saturated rings. The summed E-state index contributed by atoms with van der Waals surface area (Å²) in [6.45, 7) is 2.90. The third-order valence-corrected chi connectivity index (χ3v) is 8.36. The summed E-state index contributed by atoms with van der Waals surface area (Å²) in [6, 6.07) is 13.7. The predicted molar refractivity (Wildman–Crippen MR) is 114 cm³/mol. The minimum absolute atomic E-state index is 0.119. The van der Waals surface area contributed by atoms with E-state index in [0.717, 1.165) is 16.3 Å². The molecule has 8 heteroatoms. The van der Waals surface area contributed by atoms with Gasteiger partial charge in [0.1, 0.15) is 5.25 Å². The number of esters is 1. The Labute approximate surface area is 177 Å². The van der Waals surface area contributed by atoms with Gasteiger partial charge in [-0.15, -0.1) is 0 Å². The molecule has 0 aromatic heterocycles. The number of carbonyl (C=O) groups is 1. The molecule has 2 aliphatic rings. The van der Waals surface area contributed by atoms with Crippen molar-refractivity contribution < 1.29 is 22.8 Å². The second-order valence-electron chi connectivity index (χ2n) is 7.90. The summed E-state index contributed by atoms with van der Waals surface area (Å²) in [4.78, 5) is 17.6. The van der Waals surface area contributed by atoms with Crippen LogP contribution in [0.15, 0.2) is 42.5 Å². The Hall–Kier alpha value is -2.00. The lowest BCUT2D eigenvalue weighted by Gasteiger charge is -2.33. The van der Waals surface area contributed by atoms with Crippen molar-refractivity contribution in [3.63, 3.8) is 0 Å². The van der Waals surface area contributed by atoms with Gasteiger partial charge in [-0.3, -0.25) is 9.63 Å². The highest BCUT2D eigenvalue weighted by Gasteiger charge is 2.46. The van der Waals surface area contributed by atoms with Gasteiger partial charge < -0.3 is 4.74 Å². The molecule has 30 heavy (non-hydrogen) atoms. The Balaban J connectivity index is 1.55. The van der Waals surface area contributed by atoms with Gasteiger partial charge in [0.25, 0.3) is 0 Å². The first-order valence-electron chi connectivity index (χ1n) is 10.4. The number of nitrogens with zero attached hydrogens (tertiary/aromatic N) is 2. The number of hydrogen-bond acceptors (Lipinski definition) is 6. The smallest absolute Gasteiger partial charge is 0.309 e. The molecule has 2 heterocycles. The SMILES string of the molecule is CCOC(=O)C1CCN(S(=O)(=O)C2CON(C)C2c2ccc3ccccc3c2)CC1. The van der Waals surface area contributed by atoms with Crippen LogP contribution < -0.4 is 0 Å². The molecule has 2 aliphatic heterocycles. The van der Waals surface area contributed by atoms with Gasteiger partial charge in [0.2, 0.25) is 10.0 Å². The molecule has 2 saturated heterocycles. The normalized spacial score (nSPS) is 24.3. The highest BCUT2D eigenvalue weighted by Crippen LogP contribution is 2.37. The third-order valence-electron chi connectivity index (χ3n) is 6.12. The number of fused-ring (bicyclic) bond motifs is 1. The molecule has 162 valence electrons. The summed E-state index contributed by atoms with van der Waals surface area (Å²) in [5.74, 6) is -0.456. The fourth-order valence-electron chi connectivity index (χ4n) is 4.46. The van der Waals surface area contributed by atoms with E-state index in [0.29, 0.717) is 32.5 Å². The zero-order valence-corrected chi connectivity index (χ0v) is 18.2. The first-order valence-corrected chi connectivity index (χ1v) is 11.9. The standard InChI is InChI=1S/C22H28N2O5S/c1-3-28-22(25)17-10-12-24(13-11-17)30(26,27)20-15-29-23(2)21(20)19-9-8-16-6-4-5-7-18(16)14-19/h4-9,14,17,20-21H,3,10-13,15H2,1-2H3. The molecule has 0 N–H and O–H groups in total. The molecule has 7 nitrogen and oxygen atoms in total. The average molecular weight is 433 g/mol. The number of carbonyl (C=O) groups excluding carboxylic acids is 1. The number of benzene rings is 2. The Kier molecular flexibility index (Phi) is 6.11. The van der Waals surface area contributed by atoms with Gasteiger partial charge in [0.15, 0.2) is 0 Å². The van der Waals surface area contributed by atoms with Gasteiger partial charge in [-0.2, -0.15) is 5.06 Å². The fourth-order valence-corrected chi connectivity index (χ4v) is 6.45. The molecule has 0 bridgehead atoms. The molecule has 0 aliphatic carbocycles. The lowest BCUT2D eigenvalue weighted by Crippen LogP contribution is -2.46. The molecule has 0 spiro atoms. The Morgan fingerprint density at radius 3 is 2.53 bits per heavy atom. The summed E-state index contributed by atoms with van der Waals surface area (Å²) >= 11 is 0. The van der Waals surface area contributed by atoms with Crippen LogP contribution in [0.5, 0.6) is 0 Å². The van der Waals surface area contributed by atoms with Crippen molar-refractivity contribution in [2.24, 2.45) is 5.92 Å². The number of hydroxylamine groups is 2. The Morgan fingerprint density at radius 2 is 1.83 bits per heavy atom. The third kappa shape index (κ3) is 3.97. The molecular weight excluding hydrogens is 404 g/mol. The average Bonchev–Trinajstić information content (AvgIpc) is 3.16. The topological polar surface area (TPSA) is 76.1 Å². The second kappa shape index (κ2) is 8.63. The van der Waals surface area contributed by atoms with E-state index in [9.17, 15) is 13.2 Å². The maximum absolute atomic E-state index is 13.5. The summed E-state index contributed by atoms with van der Waals surface area (Å²) in [7, 11) is -1.81. The molecular formula is C22H28N2O5S. The quantitative estimate of drug-likeness (QED) is 0.677. The number of ether oxygens (including phenoxy) is 1. The van der Waals surface area contributed by atoms with Gasteiger partial charge in [0.05, 0.1) is 25.2 Å². The molecule has 4 rings (SSSR count). The molecule has 2 aromatic rings. The summed E-state index contributed by atoms with van der Waals surface area (Å²) < 4.78 is 33.6. The minimum Gasteiger partial charge on any atom is -0.466 e. The van der Waals surface area contributed by atoms with Gasteiger partial charge in [0, 0.05) is 20.1 Å². The van der Waals surface area contributed by atoms with Crippen molar-refractivity contribution in [2.45, 2.75) is 31.1 Å². The van der Waals surface area contributed by atoms with Gasteiger partial charge >= 0.3 is 5.97 Å². The van der Waals surface area contributed by atoms with E-state index in [4.69, 9.17) is 9.57 Å². The Bertz CT molecular complexity index is 1020. The van der Waals surface area contributed by atoms with Gasteiger partial charge in [-0.25, -0.2) is 12.7 Å². The van der Waals surface area contributed by atoms with Crippen molar-refractivity contribution in [3.05, 3.63) is 48.0 Å². The number of sulfonamides is 1. The van der Waals surface area contributed by atoms with Crippen LogP contribution in [0.3, 0.4) is 0 Å². The van der Waals surface area contributed by atoms with E-state index in [-0.39, 0.29) is 24.5 Å². The maximum Gasteiger partial charge on any atom is 0.309 e. The van der Waals surface area contributed by atoms with Crippen molar-refractivity contribution in [3.8, 4) is 0 Å². The minimum atomic E-state index is -3.59. The van der Waals surface area contributed by atoms with Crippen molar-refractivity contribution >= 4 is 26.8 Å². The summed E-state index contributed by atoms with van der Waals surface area (Å²) in [5, 5.41) is 3.14. The number of rotatable bonds is 5. The van der Waals surface area contributed by atoms with Crippen LogP contribution in [0.1, 0.15) is 31.4 Å². The van der Waals surface area contributed by atoms with Crippen LogP contribution in [-0.2, 0) is 24.4 Å².